The van der Waals surface area contributed by atoms with Gasteiger partial charge in [-0.15, -0.1) is 10.2 Å². The van der Waals surface area contributed by atoms with Crippen molar-refractivity contribution < 1.29 is 4.79 Å². The van der Waals surface area contributed by atoms with Crippen LogP contribution < -0.4 is 5.32 Å². The Morgan fingerprint density at radius 1 is 1.20 bits per heavy atom. The van der Waals surface area contributed by atoms with Gasteiger partial charge in [0.1, 0.15) is 0 Å². The average molecular weight is 310 g/mol. The van der Waals surface area contributed by atoms with Gasteiger partial charge in [0.05, 0.1) is 5.56 Å². The molecule has 2 aromatic rings. The minimum Gasteiger partial charge on any atom is -0.322 e. The molecule has 0 bridgehead atoms. The highest BCUT2D eigenvalue weighted by atomic mass is 35.5. The minimum absolute atomic E-state index is 0.0203. The second kappa shape index (κ2) is 6.20. The van der Waals surface area contributed by atoms with E-state index in [-0.39, 0.29) is 21.8 Å². The molecule has 0 unspecified atom stereocenters. The molecule has 1 amide bonds. The van der Waals surface area contributed by atoms with Crippen LogP contribution in [0.3, 0.4) is 0 Å². The molecular formula is C14H13Cl2N3O. The van der Waals surface area contributed by atoms with Gasteiger partial charge in [-0.05, 0) is 29.7 Å². The number of nitrogens with one attached hydrogen (secondary N) is 1. The molecule has 0 atom stereocenters. The Bertz CT molecular complexity index is 644. The molecule has 0 saturated heterocycles. The van der Waals surface area contributed by atoms with Gasteiger partial charge >= 0.3 is 0 Å². The van der Waals surface area contributed by atoms with E-state index in [9.17, 15) is 4.79 Å². The predicted octanol–water partition coefficient (Wildman–Crippen LogP) is 4.16. The molecule has 0 radical (unpaired) electrons. The van der Waals surface area contributed by atoms with Crippen molar-refractivity contribution in [2.24, 2.45) is 0 Å². The van der Waals surface area contributed by atoms with E-state index in [1.165, 1.54) is 6.07 Å². The minimum atomic E-state index is -0.368. The lowest BCUT2D eigenvalue weighted by atomic mass is 10.0. The van der Waals surface area contributed by atoms with E-state index in [0.29, 0.717) is 11.6 Å². The van der Waals surface area contributed by atoms with Gasteiger partial charge in [0, 0.05) is 5.69 Å². The summed E-state index contributed by atoms with van der Waals surface area (Å²) >= 11 is 11.6. The fourth-order valence-corrected chi connectivity index (χ4v) is 2.01. The number of benzene rings is 1. The Hall–Kier alpha value is -1.65. The molecular weight excluding hydrogens is 297 g/mol. The third-order valence-electron chi connectivity index (χ3n) is 2.77. The summed E-state index contributed by atoms with van der Waals surface area (Å²) in [5.41, 5.74) is 2.03. The van der Waals surface area contributed by atoms with Crippen molar-refractivity contribution in [1.82, 2.24) is 10.2 Å². The first kappa shape index (κ1) is 14.8. The second-order valence-corrected chi connectivity index (χ2v) is 5.35. The summed E-state index contributed by atoms with van der Waals surface area (Å²) in [4.78, 5) is 12.1. The maximum absolute atomic E-state index is 12.1. The molecule has 6 heteroatoms. The highest BCUT2D eigenvalue weighted by Gasteiger charge is 2.13. The molecule has 104 valence electrons. The molecule has 20 heavy (non-hydrogen) atoms. The van der Waals surface area contributed by atoms with E-state index >= 15 is 0 Å². The van der Waals surface area contributed by atoms with Crippen LogP contribution >= 0.6 is 23.2 Å². The Morgan fingerprint density at radius 2 is 1.95 bits per heavy atom. The van der Waals surface area contributed by atoms with Gasteiger partial charge < -0.3 is 5.32 Å². The van der Waals surface area contributed by atoms with Crippen molar-refractivity contribution in [3.05, 3.63) is 51.8 Å². The van der Waals surface area contributed by atoms with Crippen LogP contribution in [0.5, 0.6) is 0 Å². The SMILES string of the molecule is CC(C)c1cccc(NC(=O)c2cc(Cl)nnc2Cl)c1. The lowest BCUT2D eigenvalue weighted by Crippen LogP contribution is -2.13. The number of carbonyl (C=O) groups is 1. The molecule has 4 nitrogen and oxygen atoms in total. The molecule has 1 aromatic heterocycles. The van der Waals surface area contributed by atoms with Crippen LogP contribution in [0.4, 0.5) is 5.69 Å². The average Bonchev–Trinajstić information content (AvgIpc) is 2.41. The number of aromatic nitrogens is 2. The van der Waals surface area contributed by atoms with Gasteiger partial charge in [-0.3, -0.25) is 4.79 Å². The van der Waals surface area contributed by atoms with Gasteiger partial charge in [-0.25, -0.2) is 0 Å². The predicted molar refractivity (Wildman–Crippen MR) is 80.5 cm³/mol. The van der Waals surface area contributed by atoms with E-state index < -0.39 is 0 Å². The standard InChI is InChI=1S/C14H13Cl2N3O/c1-8(2)9-4-3-5-10(6-9)17-14(20)11-7-12(15)18-19-13(11)16/h3-8H,1-2H3,(H,17,20). The van der Waals surface area contributed by atoms with Gasteiger partial charge in [0.15, 0.2) is 10.3 Å². The number of hydrogen-bond acceptors (Lipinski definition) is 3. The highest BCUT2D eigenvalue weighted by Crippen LogP contribution is 2.21. The van der Waals surface area contributed by atoms with Crippen LogP contribution in [-0.2, 0) is 0 Å². The fraction of sp³-hybridized carbons (Fsp3) is 0.214. The Labute approximate surface area is 127 Å². The molecule has 0 aliphatic rings. The van der Waals surface area contributed by atoms with E-state index in [4.69, 9.17) is 23.2 Å². The van der Waals surface area contributed by atoms with E-state index in [1.54, 1.807) is 0 Å². The van der Waals surface area contributed by atoms with E-state index in [0.717, 1.165) is 5.56 Å². The topological polar surface area (TPSA) is 54.9 Å². The zero-order chi connectivity index (χ0) is 14.7. The van der Waals surface area contributed by atoms with Gasteiger partial charge in [-0.1, -0.05) is 49.2 Å². The van der Waals surface area contributed by atoms with Crippen molar-refractivity contribution in [2.45, 2.75) is 19.8 Å². The van der Waals surface area contributed by atoms with Crippen LogP contribution in [0.2, 0.25) is 10.3 Å². The number of amides is 1. The highest BCUT2D eigenvalue weighted by molar-refractivity contribution is 6.34. The molecule has 2 rings (SSSR count). The zero-order valence-electron chi connectivity index (χ0n) is 11.0. The summed E-state index contributed by atoms with van der Waals surface area (Å²) in [6, 6.07) is 9.03. The molecule has 0 aliphatic heterocycles. The smallest absolute Gasteiger partial charge is 0.258 e. The van der Waals surface area contributed by atoms with Gasteiger partial charge in [-0.2, -0.15) is 0 Å². The molecule has 1 N–H and O–H groups in total. The third-order valence-corrected chi connectivity index (χ3v) is 3.24. The lowest BCUT2D eigenvalue weighted by molar-refractivity contribution is 0.102. The summed E-state index contributed by atoms with van der Waals surface area (Å²) in [5, 5.41) is 10.1. The van der Waals surface area contributed by atoms with Gasteiger partial charge in [0.25, 0.3) is 5.91 Å². The van der Waals surface area contributed by atoms with Crippen molar-refractivity contribution in [1.29, 1.82) is 0 Å². The maximum atomic E-state index is 12.1. The maximum Gasteiger partial charge on any atom is 0.258 e. The first-order valence-electron chi connectivity index (χ1n) is 6.07. The van der Waals surface area contributed by atoms with Crippen molar-refractivity contribution in [2.75, 3.05) is 5.32 Å². The summed E-state index contributed by atoms with van der Waals surface area (Å²) in [6.45, 7) is 4.18. The van der Waals surface area contributed by atoms with Crippen molar-refractivity contribution in [3.63, 3.8) is 0 Å². The van der Waals surface area contributed by atoms with E-state index in [2.05, 4.69) is 29.4 Å². The monoisotopic (exact) mass is 309 g/mol. The number of hydrogen-bond donors (Lipinski definition) is 1. The molecule has 0 aliphatic carbocycles. The summed E-state index contributed by atoms with van der Waals surface area (Å²) < 4.78 is 0. The molecule has 1 heterocycles. The first-order chi connectivity index (χ1) is 9.47. The van der Waals surface area contributed by atoms with Crippen molar-refractivity contribution in [3.8, 4) is 0 Å². The first-order valence-corrected chi connectivity index (χ1v) is 6.83. The quantitative estimate of drug-likeness (QED) is 0.926. The molecule has 0 saturated carbocycles. The normalized spacial score (nSPS) is 10.7. The number of halogens is 2. The molecule has 1 aromatic carbocycles. The lowest BCUT2D eigenvalue weighted by Gasteiger charge is -2.10. The summed E-state index contributed by atoms with van der Waals surface area (Å²) in [7, 11) is 0. The fourth-order valence-electron chi connectivity index (χ4n) is 1.69. The van der Waals surface area contributed by atoms with Crippen LogP contribution in [0.1, 0.15) is 35.7 Å². The largest absolute Gasteiger partial charge is 0.322 e. The molecule has 0 spiro atoms. The Kier molecular flexibility index (Phi) is 4.57. The van der Waals surface area contributed by atoms with Crippen LogP contribution in [0.15, 0.2) is 30.3 Å². The summed E-state index contributed by atoms with van der Waals surface area (Å²) in [6.07, 6.45) is 0. The zero-order valence-corrected chi connectivity index (χ0v) is 12.5. The summed E-state index contributed by atoms with van der Waals surface area (Å²) in [5.74, 6) is 0.0141. The Morgan fingerprint density at radius 3 is 2.65 bits per heavy atom. The van der Waals surface area contributed by atoms with Crippen LogP contribution in [0, 0.1) is 0 Å². The van der Waals surface area contributed by atoms with Crippen LogP contribution in [-0.4, -0.2) is 16.1 Å². The van der Waals surface area contributed by atoms with Crippen molar-refractivity contribution >= 4 is 34.8 Å². The number of anilines is 1. The van der Waals surface area contributed by atoms with Gasteiger partial charge in [0.2, 0.25) is 0 Å². The Balaban J connectivity index is 2.23. The third kappa shape index (κ3) is 3.46. The van der Waals surface area contributed by atoms with Crippen LogP contribution in [0.25, 0.3) is 0 Å². The number of carbonyl (C=O) groups excluding carboxylic acids is 1. The molecule has 0 fully saturated rings. The second-order valence-electron chi connectivity index (χ2n) is 4.61. The number of rotatable bonds is 3. The number of nitrogens with zero attached hydrogens (tertiary/aromatic N) is 2. The van der Waals surface area contributed by atoms with E-state index in [1.807, 2.05) is 24.3 Å².